The number of hydrogen-bond donors (Lipinski definition) is 0. The van der Waals surface area contributed by atoms with Crippen LogP contribution in [0.2, 0.25) is 0 Å². The minimum atomic E-state index is -0.244. The molecule has 0 aliphatic heterocycles. The fourth-order valence-corrected chi connectivity index (χ4v) is 0.547. The topological polar surface area (TPSA) is 52.6 Å². The van der Waals surface area contributed by atoms with Crippen molar-refractivity contribution in [2.75, 3.05) is 13.2 Å². The van der Waals surface area contributed by atoms with E-state index in [9.17, 15) is 9.59 Å². The standard InChI is InChI=1S/C8H14O4/c1-3-7(2)8(10)12-5-4-11-6-9/h6-7H,3-5H2,1-2H3. The maximum atomic E-state index is 11.0. The van der Waals surface area contributed by atoms with E-state index in [1.807, 2.05) is 6.92 Å². The molecule has 0 saturated carbocycles. The van der Waals surface area contributed by atoms with Gasteiger partial charge in [-0.1, -0.05) is 13.8 Å². The Morgan fingerprint density at radius 2 is 2.17 bits per heavy atom. The molecule has 0 aromatic heterocycles. The average molecular weight is 174 g/mol. The van der Waals surface area contributed by atoms with E-state index in [-0.39, 0.29) is 25.1 Å². The maximum absolute atomic E-state index is 11.0. The van der Waals surface area contributed by atoms with Gasteiger partial charge in [0.25, 0.3) is 6.47 Å². The average Bonchev–Trinajstić information content (AvgIpc) is 2.10. The van der Waals surface area contributed by atoms with Crippen molar-refractivity contribution in [1.29, 1.82) is 0 Å². The molecule has 0 aliphatic rings. The zero-order valence-corrected chi connectivity index (χ0v) is 7.41. The van der Waals surface area contributed by atoms with Gasteiger partial charge < -0.3 is 9.47 Å². The second-order valence-electron chi connectivity index (χ2n) is 2.44. The molecule has 0 amide bonds. The number of ether oxygens (including phenoxy) is 2. The van der Waals surface area contributed by atoms with Crippen molar-refractivity contribution >= 4 is 12.4 Å². The lowest BCUT2D eigenvalue weighted by atomic mass is 10.1. The van der Waals surface area contributed by atoms with Gasteiger partial charge in [-0.25, -0.2) is 0 Å². The first-order valence-electron chi connectivity index (χ1n) is 3.94. The van der Waals surface area contributed by atoms with Gasteiger partial charge in [0.1, 0.15) is 13.2 Å². The van der Waals surface area contributed by atoms with Gasteiger partial charge in [0.15, 0.2) is 0 Å². The van der Waals surface area contributed by atoms with E-state index < -0.39 is 0 Å². The highest BCUT2D eigenvalue weighted by molar-refractivity contribution is 5.71. The molecule has 0 spiro atoms. The molecule has 0 aromatic rings. The lowest BCUT2D eigenvalue weighted by Gasteiger charge is -2.07. The first kappa shape index (κ1) is 10.9. The summed E-state index contributed by atoms with van der Waals surface area (Å²) in [7, 11) is 0. The molecule has 0 saturated heterocycles. The van der Waals surface area contributed by atoms with Crippen LogP contribution in [0.25, 0.3) is 0 Å². The molecule has 4 heteroatoms. The van der Waals surface area contributed by atoms with Crippen molar-refractivity contribution in [3.05, 3.63) is 0 Å². The van der Waals surface area contributed by atoms with Crippen LogP contribution in [-0.4, -0.2) is 25.7 Å². The molecule has 0 bridgehead atoms. The van der Waals surface area contributed by atoms with Crippen molar-refractivity contribution in [1.82, 2.24) is 0 Å². The van der Waals surface area contributed by atoms with E-state index in [1.54, 1.807) is 6.92 Å². The van der Waals surface area contributed by atoms with Crippen molar-refractivity contribution < 1.29 is 19.1 Å². The molecule has 12 heavy (non-hydrogen) atoms. The minimum Gasteiger partial charge on any atom is -0.464 e. The highest BCUT2D eigenvalue weighted by atomic mass is 16.6. The van der Waals surface area contributed by atoms with Crippen molar-refractivity contribution in [3.8, 4) is 0 Å². The molecule has 70 valence electrons. The molecule has 4 nitrogen and oxygen atoms in total. The van der Waals surface area contributed by atoms with E-state index >= 15 is 0 Å². The van der Waals surface area contributed by atoms with Gasteiger partial charge in [-0.05, 0) is 6.42 Å². The molecule has 0 heterocycles. The van der Waals surface area contributed by atoms with Gasteiger partial charge in [-0.15, -0.1) is 0 Å². The summed E-state index contributed by atoms with van der Waals surface area (Å²) in [6.45, 7) is 4.31. The fraction of sp³-hybridized carbons (Fsp3) is 0.750. The Bertz CT molecular complexity index is 144. The van der Waals surface area contributed by atoms with Crippen molar-refractivity contribution in [3.63, 3.8) is 0 Å². The summed E-state index contributed by atoms with van der Waals surface area (Å²) in [5, 5.41) is 0. The number of rotatable bonds is 6. The Morgan fingerprint density at radius 1 is 1.50 bits per heavy atom. The summed E-state index contributed by atoms with van der Waals surface area (Å²) in [6, 6.07) is 0. The Hall–Kier alpha value is -1.06. The predicted octanol–water partition coefficient (Wildman–Crippen LogP) is 0.749. The van der Waals surface area contributed by atoms with Crippen LogP contribution in [0.4, 0.5) is 0 Å². The monoisotopic (exact) mass is 174 g/mol. The molecular weight excluding hydrogens is 160 g/mol. The third-order valence-corrected chi connectivity index (χ3v) is 1.53. The second kappa shape index (κ2) is 6.64. The van der Waals surface area contributed by atoms with Gasteiger partial charge in [-0.2, -0.15) is 0 Å². The van der Waals surface area contributed by atoms with E-state index in [2.05, 4.69) is 4.74 Å². The van der Waals surface area contributed by atoms with Crippen LogP contribution in [0.15, 0.2) is 0 Å². The van der Waals surface area contributed by atoms with Crippen LogP contribution in [-0.2, 0) is 19.1 Å². The Labute approximate surface area is 71.8 Å². The summed E-state index contributed by atoms with van der Waals surface area (Å²) in [6.07, 6.45) is 0.757. The molecule has 1 unspecified atom stereocenters. The largest absolute Gasteiger partial charge is 0.464 e. The third-order valence-electron chi connectivity index (χ3n) is 1.53. The number of carbonyl (C=O) groups is 2. The third kappa shape index (κ3) is 4.71. The zero-order valence-electron chi connectivity index (χ0n) is 7.41. The van der Waals surface area contributed by atoms with Crippen LogP contribution in [0.1, 0.15) is 20.3 Å². The first-order valence-corrected chi connectivity index (χ1v) is 3.94. The first-order chi connectivity index (χ1) is 5.72. The molecule has 0 radical (unpaired) electrons. The Morgan fingerprint density at radius 3 is 2.67 bits per heavy atom. The summed E-state index contributed by atoms with van der Waals surface area (Å²) in [4.78, 5) is 20.6. The van der Waals surface area contributed by atoms with Gasteiger partial charge in [0, 0.05) is 0 Å². The number of carbonyl (C=O) groups excluding carboxylic acids is 2. The van der Waals surface area contributed by atoms with Crippen molar-refractivity contribution in [2.45, 2.75) is 20.3 Å². The lowest BCUT2D eigenvalue weighted by Crippen LogP contribution is -2.16. The van der Waals surface area contributed by atoms with Gasteiger partial charge in [-0.3, -0.25) is 9.59 Å². The normalized spacial score (nSPS) is 11.8. The van der Waals surface area contributed by atoms with E-state index in [0.29, 0.717) is 6.47 Å². The molecule has 1 atom stereocenters. The minimum absolute atomic E-state index is 0.0822. The second-order valence-corrected chi connectivity index (χ2v) is 2.44. The van der Waals surface area contributed by atoms with Crippen LogP contribution in [0, 0.1) is 5.92 Å². The highest BCUT2D eigenvalue weighted by Crippen LogP contribution is 2.02. The van der Waals surface area contributed by atoms with Gasteiger partial charge in [0.05, 0.1) is 5.92 Å². The van der Waals surface area contributed by atoms with Crippen LogP contribution < -0.4 is 0 Å². The van der Waals surface area contributed by atoms with Crippen LogP contribution >= 0.6 is 0 Å². The number of esters is 1. The van der Waals surface area contributed by atoms with Crippen LogP contribution in [0.5, 0.6) is 0 Å². The lowest BCUT2D eigenvalue weighted by molar-refractivity contribution is -0.151. The molecule has 0 fully saturated rings. The molecular formula is C8H14O4. The Kier molecular flexibility index (Phi) is 6.05. The Balaban J connectivity index is 3.37. The van der Waals surface area contributed by atoms with Gasteiger partial charge in [0.2, 0.25) is 0 Å². The van der Waals surface area contributed by atoms with E-state index in [1.165, 1.54) is 0 Å². The molecule has 0 rings (SSSR count). The molecule has 0 aromatic carbocycles. The van der Waals surface area contributed by atoms with Gasteiger partial charge >= 0.3 is 5.97 Å². The summed E-state index contributed by atoms with van der Waals surface area (Å²) >= 11 is 0. The van der Waals surface area contributed by atoms with Crippen LogP contribution in [0.3, 0.4) is 0 Å². The van der Waals surface area contributed by atoms with Crippen molar-refractivity contribution in [2.24, 2.45) is 5.92 Å². The quantitative estimate of drug-likeness (QED) is 0.338. The summed E-state index contributed by atoms with van der Waals surface area (Å²) in [5.74, 6) is -0.326. The van der Waals surface area contributed by atoms with E-state index in [0.717, 1.165) is 6.42 Å². The zero-order chi connectivity index (χ0) is 9.40. The SMILES string of the molecule is CCC(C)C(=O)OCCOC=O. The fourth-order valence-electron chi connectivity index (χ4n) is 0.547. The van der Waals surface area contributed by atoms with E-state index in [4.69, 9.17) is 4.74 Å². The maximum Gasteiger partial charge on any atom is 0.308 e. The highest BCUT2D eigenvalue weighted by Gasteiger charge is 2.10. The summed E-state index contributed by atoms with van der Waals surface area (Å²) in [5.41, 5.74) is 0. The molecule has 0 aliphatic carbocycles. The smallest absolute Gasteiger partial charge is 0.308 e. The molecule has 0 N–H and O–H groups in total. The number of hydrogen-bond acceptors (Lipinski definition) is 4. The summed E-state index contributed by atoms with van der Waals surface area (Å²) < 4.78 is 9.11. The predicted molar refractivity (Wildman–Crippen MR) is 42.4 cm³/mol.